The van der Waals surface area contributed by atoms with E-state index in [9.17, 15) is 22.8 Å². The topological polar surface area (TPSA) is 85.2 Å². The molecule has 0 radical (unpaired) electrons. The summed E-state index contributed by atoms with van der Waals surface area (Å²) in [4.78, 5) is 24.8. The molecule has 1 heterocycles. The Labute approximate surface area is 193 Å². The molecule has 4 rings (SSSR count). The predicted octanol–water partition coefficient (Wildman–Crippen LogP) is 5.01. The van der Waals surface area contributed by atoms with Gasteiger partial charge in [0.2, 0.25) is 5.91 Å². The molecule has 7 nitrogen and oxygen atoms in total. The van der Waals surface area contributed by atoms with Gasteiger partial charge in [-0.1, -0.05) is 25.0 Å². The van der Waals surface area contributed by atoms with Crippen LogP contribution in [0.1, 0.15) is 41.6 Å². The van der Waals surface area contributed by atoms with Crippen LogP contribution in [0.2, 0.25) is 0 Å². The Bertz CT molecular complexity index is 1170. The van der Waals surface area contributed by atoms with Crippen LogP contribution in [0, 0.1) is 0 Å². The third-order valence-corrected chi connectivity index (χ3v) is 5.41. The van der Waals surface area contributed by atoms with Crippen LogP contribution in [0.4, 0.5) is 18.9 Å². The first-order valence-electron chi connectivity index (χ1n) is 10.8. The Morgan fingerprint density at radius 3 is 2.50 bits per heavy atom. The maximum Gasteiger partial charge on any atom is 0.416 e. The van der Waals surface area contributed by atoms with Gasteiger partial charge >= 0.3 is 6.18 Å². The largest absolute Gasteiger partial charge is 0.457 e. The van der Waals surface area contributed by atoms with E-state index in [1.54, 1.807) is 18.3 Å². The van der Waals surface area contributed by atoms with Gasteiger partial charge in [0, 0.05) is 17.8 Å². The molecule has 0 unspecified atom stereocenters. The molecule has 0 atom stereocenters. The number of alkyl halides is 3. The van der Waals surface area contributed by atoms with E-state index in [-0.39, 0.29) is 35.6 Å². The first-order chi connectivity index (χ1) is 16.3. The second-order valence-corrected chi connectivity index (χ2v) is 8.09. The zero-order valence-corrected chi connectivity index (χ0v) is 18.1. The Kier molecular flexibility index (Phi) is 6.85. The van der Waals surface area contributed by atoms with Crippen LogP contribution >= 0.6 is 0 Å². The summed E-state index contributed by atoms with van der Waals surface area (Å²) >= 11 is 0. The van der Waals surface area contributed by atoms with E-state index in [0.717, 1.165) is 37.8 Å². The highest BCUT2D eigenvalue weighted by Crippen LogP contribution is 2.32. The van der Waals surface area contributed by atoms with E-state index >= 15 is 0 Å². The smallest absolute Gasteiger partial charge is 0.416 e. The summed E-state index contributed by atoms with van der Waals surface area (Å²) in [5.74, 6) is -0.368. The minimum atomic E-state index is -4.48. The standard InChI is InChI=1S/C24H23F3N4O3/c25-24(26,27)17-6-4-10-21(12-17)34-20-9-3-5-16(11-20)23(33)30-19-13-28-31(14-19)15-22(32)29-18-7-1-2-8-18/h3-6,9-14,18H,1-2,7-8,15H2,(H,29,32)(H,30,33). The zero-order valence-electron chi connectivity index (χ0n) is 18.1. The van der Waals surface area contributed by atoms with E-state index < -0.39 is 17.6 Å². The summed E-state index contributed by atoms with van der Waals surface area (Å²) in [6.45, 7) is 0.0483. The Hall–Kier alpha value is -3.82. The molecular weight excluding hydrogens is 449 g/mol. The van der Waals surface area contributed by atoms with Gasteiger partial charge in [0.1, 0.15) is 18.0 Å². The van der Waals surface area contributed by atoms with Crippen LogP contribution in [0.3, 0.4) is 0 Å². The predicted molar refractivity (Wildman–Crippen MR) is 119 cm³/mol. The van der Waals surface area contributed by atoms with Gasteiger partial charge in [0.15, 0.2) is 0 Å². The van der Waals surface area contributed by atoms with Crippen LogP contribution in [-0.2, 0) is 17.5 Å². The number of carbonyl (C=O) groups is 2. The fourth-order valence-corrected chi connectivity index (χ4v) is 3.78. The molecule has 2 N–H and O–H groups in total. The average Bonchev–Trinajstić information content (AvgIpc) is 3.45. The highest BCUT2D eigenvalue weighted by Gasteiger charge is 2.30. The minimum absolute atomic E-state index is 0.00420. The van der Waals surface area contributed by atoms with Gasteiger partial charge in [-0.05, 0) is 49.2 Å². The molecule has 10 heteroatoms. The average molecular weight is 472 g/mol. The summed E-state index contributed by atoms with van der Waals surface area (Å²) in [6, 6.07) is 10.8. The van der Waals surface area contributed by atoms with Gasteiger partial charge < -0.3 is 15.4 Å². The van der Waals surface area contributed by atoms with Gasteiger partial charge in [-0.15, -0.1) is 0 Å². The number of halogens is 3. The fourth-order valence-electron chi connectivity index (χ4n) is 3.78. The number of nitrogens with one attached hydrogen (secondary N) is 2. The Morgan fingerprint density at radius 1 is 1.06 bits per heavy atom. The molecule has 1 aliphatic carbocycles. The van der Waals surface area contributed by atoms with E-state index in [4.69, 9.17) is 4.74 Å². The third-order valence-electron chi connectivity index (χ3n) is 5.41. The number of benzene rings is 2. The van der Waals surface area contributed by atoms with Gasteiger partial charge in [-0.25, -0.2) is 0 Å². The molecule has 2 aromatic carbocycles. The second kappa shape index (κ2) is 9.98. The molecule has 1 fully saturated rings. The number of hydrogen-bond donors (Lipinski definition) is 2. The molecule has 1 saturated carbocycles. The fraction of sp³-hybridized carbons (Fsp3) is 0.292. The highest BCUT2D eigenvalue weighted by atomic mass is 19.4. The van der Waals surface area contributed by atoms with Crippen molar-refractivity contribution in [2.75, 3.05) is 5.32 Å². The van der Waals surface area contributed by atoms with Crippen molar-refractivity contribution in [3.8, 4) is 11.5 Å². The highest BCUT2D eigenvalue weighted by molar-refractivity contribution is 6.04. The van der Waals surface area contributed by atoms with Crippen LogP contribution in [0.15, 0.2) is 60.9 Å². The number of hydrogen-bond acceptors (Lipinski definition) is 4. The number of anilines is 1. The molecule has 0 bridgehead atoms. The first kappa shape index (κ1) is 23.3. The van der Waals surface area contributed by atoms with Crippen LogP contribution in [0.25, 0.3) is 0 Å². The number of ether oxygens (including phenoxy) is 1. The lowest BCUT2D eigenvalue weighted by Crippen LogP contribution is -2.35. The van der Waals surface area contributed by atoms with Crippen molar-refractivity contribution in [3.05, 3.63) is 72.1 Å². The van der Waals surface area contributed by atoms with Gasteiger partial charge in [-0.2, -0.15) is 18.3 Å². The molecular formula is C24H23F3N4O3. The summed E-state index contributed by atoms with van der Waals surface area (Å²) < 4.78 is 45.7. The van der Waals surface area contributed by atoms with E-state index in [1.165, 1.54) is 35.1 Å². The van der Waals surface area contributed by atoms with E-state index in [1.807, 2.05) is 0 Å². The Morgan fingerprint density at radius 2 is 1.76 bits per heavy atom. The molecule has 0 spiro atoms. The molecule has 3 aromatic rings. The summed E-state index contributed by atoms with van der Waals surface area (Å²) in [6.07, 6.45) is 2.72. The maximum absolute atomic E-state index is 12.9. The molecule has 34 heavy (non-hydrogen) atoms. The van der Waals surface area contributed by atoms with Crippen LogP contribution < -0.4 is 15.4 Å². The van der Waals surface area contributed by atoms with Crippen molar-refractivity contribution in [2.45, 2.75) is 44.4 Å². The van der Waals surface area contributed by atoms with Crippen molar-refractivity contribution in [2.24, 2.45) is 0 Å². The second-order valence-electron chi connectivity index (χ2n) is 8.09. The van der Waals surface area contributed by atoms with Gasteiger partial charge in [0.05, 0.1) is 17.4 Å². The lowest BCUT2D eigenvalue weighted by molar-refractivity contribution is -0.137. The molecule has 178 valence electrons. The van der Waals surface area contributed by atoms with Crippen molar-refractivity contribution in [3.63, 3.8) is 0 Å². The number of nitrogens with zero attached hydrogens (tertiary/aromatic N) is 2. The quantitative estimate of drug-likeness (QED) is 0.507. The number of carbonyl (C=O) groups excluding carboxylic acids is 2. The monoisotopic (exact) mass is 472 g/mol. The molecule has 1 aliphatic rings. The summed E-state index contributed by atoms with van der Waals surface area (Å²) in [5, 5.41) is 9.77. The normalized spacial score (nSPS) is 14.1. The summed E-state index contributed by atoms with van der Waals surface area (Å²) in [7, 11) is 0. The summed E-state index contributed by atoms with van der Waals surface area (Å²) in [5.41, 5.74) is -0.174. The number of amides is 2. The lowest BCUT2D eigenvalue weighted by Gasteiger charge is -2.11. The molecule has 1 aromatic heterocycles. The molecule has 0 aliphatic heterocycles. The van der Waals surface area contributed by atoms with E-state index in [2.05, 4.69) is 15.7 Å². The van der Waals surface area contributed by atoms with Gasteiger partial charge in [0.25, 0.3) is 5.91 Å². The first-order valence-corrected chi connectivity index (χ1v) is 10.8. The van der Waals surface area contributed by atoms with Crippen molar-refractivity contribution >= 4 is 17.5 Å². The minimum Gasteiger partial charge on any atom is -0.457 e. The van der Waals surface area contributed by atoms with Gasteiger partial charge in [-0.3, -0.25) is 14.3 Å². The third kappa shape index (κ3) is 6.15. The Balaban J connectivity index is 1.36. The van der Waals surface area contributed by atoms with E-state index in [0.29, 0.717) is 5.69 Å². The zero-order chi connectivity index (χ0) is 24.1. The number of aromatic nitrogens is 2. The maximum atomic E-state index is 12.9. The van der Waals surface area contributed by atoms with Crippen molar-refractivity contribution < 1.29 is 27.5 Å². The van der Waals surface area contributed by atoms with Crippen molar-refractivity contribution in [1.29, 1.82) is 0 Å². The van der Waals surface area contributed by atoms with Crippen molar-refractivity contribution in [1.82, 2.24) is 15.1 Å². The SMILES string of the molecule is O=C(Cn1cc(NC(=O)c2cccc(Oc3cccc(C(F)(F)F)c3)c2)cn1)NC1CCCC1. The number of rotatable bonds is 7. The molecule has 0 saturated heterocycles. The lowest BCUT2D eigenvalue weighted by atomic mass is 10.2. The van der Waals surface area contributed by atoms with Crippen LogP contribution in [0.5, 0.6) is 11.5 Å². The van der Waals surface area contributed by atoms with Crippen LogP contribution in [-0.4, -0.2) is 27.6 Å². The molecule has 2 amide bonds.